The quantitative estimate of drug-likeness (QED) is 0.640. The van der Waals surface area contributed by atoms with E-state index < -0.39 is 11.7 Å². The van der Waals surface area contributed by atoms with Crippen LogP contribution in [0.5, 0.6) is 0 Å². The molecule has 0 spiro atoms. The number of nitrogens with zero attached hydrogens (tertiary/aromatic N) is 1. The van der Waals surface area contributed by atoms with Crippen molar-refractivity contribution in [1.29, 1.82) is 0 Å². The maximum Gasteiger partial charge on any atom is 0.407 e. The summed E-state index contributed by atoms with van der Waals surface area (Å²) in [7, 11) is 0. The Bertz CT molecular complexity index is 870. The fraction of sp³-hybridized carbons (Fsp3) is 0.600. The molecule has 1 N–H and O–H groups in total. The Morgan fingerprint density at radius 1 is 1.26 bits per heavy atom. The molecule has 1 aromatic carbocycles. The SMILES string of the molecule is CC(C)C1C2=C(CCN1C(=O)CCCCNC(=O)OC(C)(C)C)c1ccc(F)cc1C2. The molecule has 0 fully saturated rings. The Kier molecular flexibility index (Phi) is 7.07. The largest absolute Gasteiger partial charge is 0.444 e. The van der Waals surface area contributed by atoms with Crippen LogP contribution in [0.25, 0.3) is 5.57 Å². The molecule has 0 radical (unpaired) electrons. The van der Waals surface area contributed by atoms with Gasteiger partial charge in [0.25, 0.3) is 0 Å². The fourth-order valence-electron chi connectivity index (χ4n) is 4.72. The van der Waals surface area contributed by atoms with Crippen LogP contribution in [0, 0.1) is 11.7 Å². The van der Waals surface area contributed by atoms with Gasteiger partial charge in [-0.15, -0.1) is 0 Å². The average Bonchev–Trinajstić information content (AvgIpc) is 3.02. The lowest BCUT2D eigenvalue weighted by molar-refractivity contribution is -0.134. The molecular formula is C25H35FN2O3. The van der Waals surface area contributed by atoms with E-state index in [2.05, 4.69) is 19.2 Å². The van der Waals surface area contributed by atoms with Crippen molar-refractivity contribution in [2.75, 3.05) is 13.1 Å². The Balaban J connectivity index is 1.55. The number of unbranched alkanes of at least 4 members (excludes halogenated alkanes) is 1. The third-order valence-electron chi connectivity index (χ3n) is 5.89. The van der Waals surface area contributed by atoms with Crippen molar-refractivity contribution < 1.29 is 18.7 Å². The lowest BCUT2D eigenvalue weighted by Crippen LogP contribution is -2.47. The monoisotopic (exact) mass is 430 g/mol. The van der Waals surface area contributed by atoms with Crippen molar-refractivity contribution in [1.82, 2.24) is 10.2 Å². The highest BCUT2D eigenvalue weighted by molar-refractivity contribution is 5.83. The number of nitrogens with one attached hydrogen (secondary N) is 1. The van der Waals surface area contributed by atoms with E-state index in [9.17, 15) is 14.0 Å². The van der Waals surface area contributed by atoms with E-state index in [0.717, 1.165) is 30.4 Å². The molecule has 1 aliphatic heterocycles. The van der Waals surface area contributed by atoms with Crippen molar-refractivity contribution >= 4 is 17.6 Å². The van der Waals surface area contributed by atoms with Crippen LogP contribution in [0.1, 0.15) is 71.4 Å². The van der Waals surface area contributed by atoms with E-state index >= 15 is 0 Å². The number of alkyl carbamates (subject to hydrolysis) is 1. The standard InChI is InChI=1S/C25H35FN2O3/c1-16(2)23-21-15-17-14-18(26)9-10-19(17)20(21)11-13-28(23)22(29)8-6-7-12-27-24(30)31-25(3,4)5/h9-10,14,16,23H,6-8,11-13,15H2,1-5H3,(H,27,30). The van der Waals surface area contributed by atoms with Gasteiger partial charge < -0.3 is 15.0 Å². The van der Waals surface area contributed by atoms with Gasteiger partial charge in [-0.1, -0.05) is 19.9 Å². The predicted octanol–water partition coefficient (Wildman–Crippen LogP) is 5.09. The van der Waals surface area contributed by atoms with Gasteiger partial charge in [0.15, 0.2) is 0 Å². The van der Waals surface area contributed by atoms with Crippen LogP contribution < -0.4 is 5.32 Å². The van der Waals surface area contributed by atoms with E-state index in [0.29, 0.717) is 31.8 Å². The molecule has 31 heavy (non-hydrogen) atoms. The average molecular weight is 431 g/mol. The maximum absolute atomic E-state index is 13.7. The van der Waals surface area contributed by atoms with Gasteiger partial charge in [0.2, 0.25) is 5.91 Å². The number of hydrogen-bond acceptors (Lipinski definition) is 3. The highest BCUT2D eigenvalue weighted by atomic mass is 19.1. The van der Waals surface area contributed by atoms with Crippen molar-refractivity contribution in [2.24, 2.45) is 5.92 Å². The summed E-state index contributed by atoms with van der Waals surface area (Å²) in [6.07, 6.45) is 3.03. The first kappa shape index (κ1) is 23.3. The molecule has 0 saturated carbocycles. The molecule has 1 aliphatic carbocycles. The molecule has 1 atom stereocenters. The second-order valence-electron chi connectivity index (χ2n) is 9.89. The van der Waals surface area contributed by atoms with E-state index in [1.807, 2.05) is 31.7 Å². The molecule has 2 aliphatic rings. The molecule has 1 heterocycles. The van der Waals surface area contributed by atoms with Gasteiger partial charge in [-0.25, -0.2) is 9.18 Å². The lowest BCUT2D eigenvalue weighted by Gasteiger charge is -2.40. The summed E-state index contributed by atoms with van der Waals surface area (Å²) in [4.78, 5) is 26.8. The van der Waals surface area contributed by atoms with Gasteiger partial charge in [-0.05, 0) is 86.8 Å². The minimum absolute atomic E-state index is 0.0617. The number of halogens is 1. The van der Waals surface area contributed by atoms with Crippen LogP contribution in [0.4, 0.5) is 9.18 Å². The zero-order chi connectivity index (χ0) is 22.8. The number of ether oxygens (including phenoxy) is 1. The van der Waals surface area contributed by atoms with Crippen LogP contribution in [-0.4, -0.2) is 41.6 Å². The lowest BCUT2D eigenvalue weighted by atomic mass is 9.86. The van der Waals surface area contributed by atoms with Gasteiger partial charge in [-0.2, -0.15) is 0 Å². The maximum atomic E-state index is 13.7. The summed E-state index contributed by atoms with van der Waals surface area (Å²) >= 11 is 0. The third kappa shape index (κ3) is 5.66. The molecule has 0 bridgehead atoms. The van der Waals surface area contributed by atoms with Gasteiger partial charge in [0.05, 0.1) is 6.04 Å². The first-order valence-corrected chi connectivity index (χ1v) is 11.3. The number of hydrogen-bond donors (Lipinski definition) is 1. The van der Waals surface area contributed by atoms with E-state index in [1.165, 1.54) is 17.2 Å². The summed E-state index contributed by atoms with van der Waals surface area (Å²) in [5.41, 5.74) is 4.26. The van der Waals surface area contributed by atoms with Crippen molar-refractivity contribution in [2.45, 2.75) is 78.4 Å². The van der Waals surface area contributed by atoms with Crippen molar-refractivity contribution in [3.63, 3.8) is 0 Å². The molecule has 0 saturated heterocycles. The van der Waals surface area contributed by atoms with E-state index in [-0.39, 0.29) is 17.8 Å². The molecule has 1 unspecified atom stereocenters. The van der Waals surface area contributed by atoms with Crippen LogP contribution >= 0.6 is 0 Å². The summed E-state index contributed by atoms with van der Waals surface area (Å²) in [5, 5.41) is 2.74. The smallest absolute Gasteiger partial charge is 0.407 e. The van der Waals surface area contributed by atoms with Crippen LogP contribution in [-0.2, 0) is 16.0 Å². The molecular weight excluding hydrogens is 395 g/mol. The molecule has 3 rings (SSSR count). The van der Waals surface area contributed by atoms with Crippen molar-refractivity contribution in [3.8, 4) is 0 Å². The molecule has 0 aromatic heterocycles. The third-order valence-corrected chi connectivity index (χ3v) is 5.89. The predicted molar refractivity (Wildman–Crippen MR) is 120 cm³/mol. The minimum atomic E-state index is -0.515. The minimum Gasteiger partial charge on any atom is -0.444 e. The van der Waals surface area contributed by atoms with Gasteiger partial charge >= 0.3 is 6.09 Å². The number of amides is 2. The molecule has 2 amide bonds. The van der Waals surface area contributed by atoms with Crippen LogP contribution in [0.2, 0.25) is 0 Å². The van der Waals surface area contributed by atoms with Crippen molar-refractivity contribution in [3.05, 3.63) is 40.7 Å². The summed E-state index contributed by atoms with van der Waals surface area (Å²) < 4.78 is 18.9. The van der Waals surface area contributed by atoms with Gasteiger partial charge in [0, 0.05) is 19.5 Å². The zero-order valence-corrected chi connectivity index (χ0v) is 19.4. The summed E-state index contributed by atoms with van der Waals surface area (Å²) in [6, 6.07) is 5.11. The Hall–Kier alpha value is -2.37. The van der Waals surface area contributed by atoms with E-state index in [1.54, 1.807) is 6.07 Å². The molecule has 5 nitrogen and oxygen atoms in total. The Morgan fingerprint density at radius 3 is 2.68 bits per heavy atom. The molecule has 6 heteroatoms. The van der Waals surface area contributed by atoms with E-state index in [4.69, 9.17) is 4.74 Å². The van der Waals surface area contributed by atoms with Crippen LogP contribution in [0.3, 0.4) is 0 Å². The van der Waals surface area contributed by atoms with Crippen LogP contribution in [0.15, 0.2) is 23.8 Å². The molecule has 170 valence electrons. The number of benzene rings is 1. The second-order valence-corrected chi connectivity index (χ2v) is 9.89. The second kappa shape index (κ2) is 9.41. The highest BCUT2D eigenvalue weighted by Crippen LogP contribution is 2.43. The highest BCUT2D eigenvalue weighted by Gasteiger charge is 2.38. The number of carbonyl (C=O) groups is 2. The first-order valence-electron chi connectivity index (χ1n) is 11.3. The Morgan fingerprint density at radius 2 is 2.00 bits per heavy atom. The number of carbonyl (C=O) groups excluding carboxylic acids is 2. The molecule has 1 aromatic rings. The number of fused-ring (bicyclic) bond motifs is 2. The normalized spacial score (nSPS) is 18.2. The topological polar surface area (TPSA) is 58.6 Å². The van der Waals surface area contributed by atoms with Gasteiger partial charge in [0.1, 0.15) is 11.4 Å². The fourth-order valence-corrected chi connectivity index (χ4v) is 4.72. The first-order chi connectivity index (χ1) is 14.6. The van der Waals surface area contributed by atoms with Gasteiger partial charge in [-0.3, -0.25) is 4.79 Å². The summed E-state index contributed by atoms with van der Waals surface area (Å²) in [6.45, 7) is 11.0. The number of rotatable bonds is 6. The zero-order valence-electron chi connectivity index (χ0n) is 19.4. The summed E-state index contributed by atoms with van der Waals surface area (Å²) in [5.74, 6) is 0.250. The Labute approximate surface area is 185 Å².